The van der Waals surface area contributed by atoms with Crippen LogP contribution in [0.1, 0.15) is 95.1 Å². The standard InChI is InChI=1S/C33H43FO2/c1-3-4-6-11-29-20-21-31(23-32(29)34)36-33(35)30-18-16-28(17-19-30)27-14-12-25(13-15-27)22-24(2)26-9-7-5-8-10-26/h3-5,7-10,20-21,23-25,27-28,30H,6,11-19,22H2,1-2H3/b4-3+. The Hall–Kier alpha value is -2.42. The van der Waals surface area contributed by atoms with Gasteiger partial charge in [0, 0.05) is 6.07 Å². The molecule has 0 heterocycles. The number of carbonyl (C=O) groups excluding carboxylic acids is 1. The molecule has 0 saturated heterocycles. The van der Waals surface area contributed by atoms with Crippen molar-refractivity contribution in [3.8, 4) is 5.75 Å². The van der Waals surface area contributed by atoms with Crippen molar-refractivity contribution in [2.75, 3.05) is 0 Å². The van der Waals surface area contributed by atoms with Gasteiger partial charge in [0.15, 0.2) is 0 Å². The topological polar surface area (TPSA) is 26.3 Å². The number of benzene rings is 2. The molecule has 1 atom stereocenters. The van der Waals surface area contributed by atoms with Crippen LogP contribution in [-0.4, -0.2) is 5.97 Å². The average Bonchev–Trinajstić information content (AvgIpc) is 2.91. The zero-order valence-electron chi connectivity index (χ0n) is 22.1. The summed E-state index contributed by atoms with van der Waals surface area (Å²) in [5.74, 6) is 2.84. The normalized spacial score (nSPS) is 25.5. The summed E-state index contributed by atoms with van der Waals surface area (Å²) < 4.78 is 20.0. The first-order valence-corrected chi connectivity index (χ1v) is 14.2. The molecular formula is C33H43FO2. The monoisotopic (exact) mass is 490 g/mol. The molecule has 0 bridgehead atoms. The lowest BCUT2D eigenvalue weighted by Crippen LogP contribution is -2.30. The van der Waals surface area contributed by atoms with Crippen LogP contribution in [0.2, 0.25) is 0 Å². The summed E-state index contributed by atoms with van der Waals surface area (Å²) in [6, 6.07) is 15.8. The van der Waals surface area contributed by atoms with Crippen molar-refractivity contribution in [1.29, 1.82) is 0 Å². The van der Waals surface area contributed by atoms with Crippen LogP contribution in [0.3, 0.4) is 0 Å². The van der Waals surface area contributed by atoms with Crippen molar-refractivity contribution in [3.05, 3.63) is 77.6 Å². The van der Waals surface area contributed by atoms with Gasteiger partial charge < -0.3 is 4.74 Å². The smallest absolute Gasteiger partial charge is 0.314 e. The molecule has 4 rings (SSSR count). The van der Waals surface area contributed by atoms with Gasteiger partial charge >= 0.3 is 5.97 Å². The summed E-state index contributed by atoms with van der Waals surface area (Å²) in [7, 11) is 0. The zero-order chi connectivity index (χ0) is 25.3. The van der Waals surface area contributed by atoms with Crippen LogP contribution in [0.25, 0.3) is 0 Å². The van der Waals surface area contributed by atoms with Gasteiger partial charge in [0.2, 0.25) is 0 Å². The van der Waals surface area contributed by atoms with Crippen molar-refractivity contribution in [3.63, 3.8) is 0 Å². The number of halogens is 1. The second kappa shape index (κ2) is 13.2. The fraction of sp³-hybridized carbons (Fsp3) is 0.545. The van der Waals surface area contributed by atoms with E-state index in [0.717, 1.165) is 49.9 Å². The van der Waals surface area contributed by atoms with E-state index < -0.39 is 0 Å². The number of allylic oxidation sites excluding steroid dienone is 2. The molecule has 2 saturated carbocycles. The molecule has 2 aliphatic carbocycles. The molecule has 2 fully saturated rings. The summed E-state index contributed by atoms with van der Waals surface area (Å²) in [4.78, 5) is 12.8. The van der Waals surface area contributed by atoms with Gasteiger partial charge in [-0.3, -0.25) is 4.79 Å². The zero-order valence-corrected chi connectivity index (χ0v) is 22.1. The third-order valence-electron chi connectivity index (χ3n) is 8.78. The van der Waals surface area contributed by atoms with Crippen LogP contribution in [0.4, 0.5) is 4.39 Å². The van der Waals surface area contributed by atoms with Gasteiger partial charge in [-0.2, -0.15) is 0 Å². The number of ether oxygens (including phenoxy) is 1. The molecule has 0 N–H and O–H groups in total. The summed E-state index contributed by atoms with van der Waals surface area (Å²) in [5, 5.41) is 0. The molecule has 0 radical (unpaired) electrons. The highest BCUT2D eigenvalue weighted by atomic mass is 19.1. The highest BCUT2D eigenvalue weighted by Crippen LogP contribution is 2.43. The number of carbonyl (C=O) groups is 1. The van der Waals surface area contributed by atoms with Crippen LogP contribution < -0.4 is 4.74 Å². The SMILES string of the molecule is C/C=C/CCc1ccc(OC(=O)C2CCC(C3CCC(CC(C)c4ccccc4)CC3)CC2)cc1F. The highest BCUT2D eigenvalue weighted by molar-refractivity contribution is 5.75. The van der Waals surface area contributed by atoms with Gasteiger partial charge in [0.1, 0.15) is 11.6 Å². The van der Waals surface area contributed by atoms with E-state index in [1.807, 2.05) is 19.1 Å². The lowest BCUT2D eigenvalue weighted by molar-refractivity contribution is -0.140. The number of esters is 1. The maximum absolute atomic E-state index is 14.4. The Morgan fingerprint density at radius 2 is 1.64 bits per heavy atom. The van der Waals surface area contributed by atoms with E-state index in [0.29, 0.717) is 23.7 Å². The summed E-state index contributed by atoms with van der Waals surface area (Å²) in [6.07, 6.45) is 16.2. The van der Waals surface area contributed by atoms with Gasteiger partial charge in [-0.15, -0.1) is 0 Å². The number of aryl methyl sites for hydroxylation is 1. The van der Waals surface area contributed by atoms with Crippen molar-refractivity contribution >= 4 is 5.97 Å². The molecule has 2 aromatic carbocycles. The third kappa shape index (κ3) is 7.31. The quantitative estimate of drug-likeness (QED) is 0.199. The molecule has 2 aliphatic rings. The largest absolute Gasteiger partial charge is 0.426 e. The van der Waals surface area contributed by atoms with E-state index >= 15 is 0 Å². The van der Waals surface area contributed by atoms with Gasteiger partial charge in [-0.05, 0) is 106 Å². The van der Waals surface area contributed by atoms with Gasteiger partial charge in [0.05, 0.1) is 5.92 Å². The van der Waals surface area contributed by atoms with E-state index in [9.17, 15) is 9.18 Å². The highest BCUT2D eigenvalue weighted by Gasteiger charge is 2.34. The maximum Gasteiger partial charge on any atom is 0.314 e. The summed E-state index contributed by atoms with van der Waals surface area (Å²) in [6.45, 7) is 4.33. The van der Waals surface area contributed by atoms with Crippen molar-refractivity contribution in [1.82, 2.24) is 0 Å². The van der Waals surface area contributed by atoms with Crippen molar-refractivity contribution < 1.29 is 13.9 Å². The Morgan fingerprint density at radius 3 is 2.28 bits per heavy atom. The summed E-state index contributed by atoms with van der Waals surface area (Å²) in [5.41, 5.74) is 2.13. The van der Waals surface area contributed by atoms with Gasteiger partial charge in [-0.1, -0.05) is 68.3 Å². The van der Waals surface area contributed by atoms with Crippen LogP contribution >= 0.6 is 0 Å². The minimum atomic E-state index is -0.290. The third-order valence-corrected chi connectivity index (χ3v) is 8.78. The van der Waals surface area contributed by atoms with Gasteiger partial charge in [-0.25, -0.2) is 4.39 Å². The fourth-order valence-corrected chi connectivity index (χ4v) is 6.54. The first-order chi connectivity index (χ1) is 17.5. The summed E-state index contributed by atoms with van der Waals surface area (Å²) >= 11 is 0. The number of hydrogen-bond acceptors (Lipinski definition) is 2. The molecule has 194 valence electrons. The Balaban J connectivity index is 1.18. The molecular weight excluding hydrogens is 447 g/mol. The minimum Gasteiger partial charge on any atom is -0.426 e. The van der Waals surface area contributed by atoms with Crippen molar-refractivity contribution in [2.45, 2.75) is 90.4 Å². The minimum absolute atomic E-state index is 0.0539. The molecule has 1 unspecified atom stereocenters. The first kappa shape index (κ1) is 26.6. The van der Waals surface area contributed by atoms with E-state index in [1.54, 1.807) is 12.1 Å². The van der Waals surface area contributed by atoms with Crippen LogP contribution in [0.15, 0.2) is 60.7 Å². The van der Waals surface area contributed by atoms with Gasteiger partial charge in [0.25, 0.3) is 0 Å². The van der Waals surface area contributed by atoms with E-state index in [4.69, 9.17) is 4.74 Å². The molecule has 2 nitrogen and oxygen atoms in total. The lowest BCUT2D eigenvalue weighted by Gasteiger charge is -2.38. The van der Waals surface area contributed by atoms with Crippen LogP contribution in [0, 0.1) is 29.5 Å². The molecule has 36 heavy (non-hydrogen) atoms. The first-order valence-electron chi connectivity index (χ1n) is 14.2. The Labute approximate surface area is 217 Å². The molecule has 2 aromatic rings. The Bertz CT molecular complexity index is 982. The predicted octanol–water partition coefficient (Wildman–Crippen LogP) is 9.05. The second-order valence-corrected chi connectivity index (χ2v) is 11.2. The Morgan fingerprint density at radius 1 is 0.972 bits per heavy atom. The molecule has 0 aliphatic heterocycles. The van der Waals surface area contributed by atoms with E-state index in [2.05, 4.69) is 37.3 Å². The molecule has 0 spiro atoms. The lowest BCUT2D eigenvalue weighted by atomic mass is 9.68. The molecule has 0 amide bonds. The van der Waals surface area contributed by atoms with Crippen molar-refractivity contribution in [2.24, 2.45) is 23.7 Å². The van der Waals surface area contributed by atoms with E-state index in [-0.39, 0.29) is 17.7 Å². The Kier molecular flexibility index (Phi) is 9.78. The molecule has 0 aromatic heterocycles. The number of rotatable bonds is 9. The van der Waals surface area contributed by atoms with E-state index in [1.165, 1.54) is 43.7 Å². The second-order valence-electron chi connectivity index (χ2n) is 11.2. The van der Waals surface area contributed by atoms with Crippen LogP contribution in [-0.2, 0) is 11.2 Å². The number of hydrogen-bond donors (Lipinski definition) is 0. The molecule has 3 heteroatoms. The maximum atomic E-state index is 14.4. The predicted molar refractivity (Wildman–Crippen MR) is 146 cm³/mol. The van der Waals surface area contributed by atoms with Crippen LogP contribution in [0.5, 0.6) is 5.75 Å². The fourth-order valence-electron chi connectivity index (χ4n) is 6.54. The average molecular weight is 491 g/mol.